The largest absolute Gasteiger partial charge is 0.355 e. The smallest absolute Gasteiger partial charge is 0.227 e. The Bertz CT molecular complexity index is 719. The van der Waals surface area contributed by atoms with Gasteiger partial charge in [-0.1, -0.05) is 58.9 Å². The van der Waals surface area contributed by atoms with E-state index in [1.807, 2.05) is 18.7 Å². The van der Waals surface area contributed by atoms with Crippen LogP contribution in [-0.4, -0.2) is 36.3 Å². The van der Waals surface area contributed by atoms with Crippen molar-refractivity contribution in [2.75, 3.05) is 19.6 Å². The van der Waals surface area contributed by atoms with Crippen LogP contribution in [0.4, 0.5) is 0 Å². The van der Waals surface area contributed by atoms with E-state index in [-0.39, 0.29) is 28.6 Å². The zero-order valence-corrected chi connectivity index (χ0v) is 18.2. The van der Waals surface area contributed by atoms with E-state index in [0.717, 1.165) is 25.9 Å². The van der Waals surface area contributed by atoms with Crippen LogP contribution in [0.3, 0.4) is 0 Å². The molecule has 1 saturated carbocycles. The minimum Gasteiger partial charge on any atom is -0.355 e. The maximum atomic E-state index is 13.0. The van der Waals surface area contributed by atoms with E-state index < -0.39 is 0 Å². The Labute approximate surface area is 170 Å². The summed E-state index contributed by atoms with van der Waals surface area (Å²) in [4.78, 5) is 26.6. The van der Waals surface area contributed by atoms with Gasteiger partial charge in [0, 0.05) is 31.5 Å². The van der Waals surface area contributed by atoms with Gasteiger partial charge in [-0.15, -0.1) is 0 Å². The van der Waals surface area contributed by atoms with Crippen molar-refractivity contribution in [1.82, 2.24) is 10.2 Å². The van der Waals surface area contributed by atoms with Gasteiger partial charge in [0.15, 0.2) is 0 Å². The molecule has 0 aromatic heterocycles. The van der Waals surface area contributed by atoms with E-state index in [2.05, 4.69) is 50.4 Å². The first kappa shape index (κ1) is 20.9. The lowest BCUT2D eigenvalue weighted by Gasteiger charge is -2.34. The van der Waals surface area contributed by atoms with Crippen molar-refractivity contribution >= 4 is 11.8 Å². The molecule has 3 unspecified atom stereocenters. The first-order valence-corrected chi connectivity index (χ1v) is 10.9. The molecule has 3 atom stereocenters. The second-order valence-electron chi connectivity index (χ2n) is 9.68. The molecule has 1 saturated heterocycles. The van der Waals surface area contributed by atoms with E-state index in [1.165, 1.54) is 17.5 Å². The number of hydrogen-bond donors (Lipinski definition) is 1. The van der Waals surface area contributed by atoms with Gasteiger partial charge >= 0.3 is 0 Å². The lowest BCUT2D eigenvalue weighted by atomic mass is 9.82. The van der Waals surface area contributed by atoms with Crippen LogP contribution in [0.2, 0.25) is 0 Å². The Balaban J connectivity index is 1.61. The lowest BCUT2D eigenvalue weighted by Crippen LogP contribution is -2.46. The highest BCUT2D eigenvalue weighted by Gasteiger charge is 2.58. The van der Waals surface area contributed by atoms with Crippen molar-refractivity contribution in [3.63, 3.8) is 0 Å². The second-order valence-corrected chi connectivity index (χ2v) is 9.68. The summed E-state index contributed by atoms with van der Waals surface area (Å²) in [5.41, 5.74) is 3.28. The van der Waals surface area contributed by atoms with Crippen LogP contribution in [0.15, 0.2) is 24.3 Å². The molecular formula is C24H36N2O2. The van der Waals surface area contributed by atoms with Crippen LogP contribution in [-0.2, 0) is 20.4 Å². The number of nitrogens with one attached hydrogen (secondary N) is 1. The molecule has 2 aliphatic rings. The molecule has 1 aromatic rings. The fourth-order valence-corrected chi connectivity index (χ4v) is 4.64. The molecule has 0 bridgehead atoms. The van der Waals surface area contributed by atoms with Crippen molar-refractivity contribution in [3.05, 3.63) is 35.4 Å². The molecule has 0 radical (unpaired) electrons. The van der Waals surface area contributed by atoms with Gasteiger partial charge in [0.1, 0.15) is 0 Å². The molecule has 1 heterocycles. The van der Waals surface area contributed by atoms with E-state index in [4.69, 9.17) is 0 Å². The van der Waals surface area contributed by atoms with Crippen LogP contribution < -0.4 is 5.32 Å². The third-order valence-corrected chi connectivity index (χ3v) is 6.85. The monoisotopic (exact) mass is 384 g/mol. The number of nitrogens with zero attached hydrogens (tertiary/aromatic N) is 1. The van der Waals surface area contributed by atoms with E-state index in [9.17, 15) is 9.59 Å². The summed E-state index contributed by atoms with van der Waals surface area (Å²) in [6.07, 6.45) is 3.47. The minimum absolute atomic E-state index is 0.0183. The first-order valence-electron chi connectivity index (χ1n) is 10.9. The third kappa shape index (κ3) is 4.11. The zero-order chi connectivity index (χ0) is 20.5. The third-order valence-electron chi connectivity index (χ3n) is 6.85. The van der Waals surface area contributed by atoms with Crippen LogP contribution >= 0.6 is 0 Å². The highest BCUT2D eigenvalue weighted by molar-refractivity contribution is 5.81. The molecule has 3 rings (SSSR count). The molecule has 2 amide bonds. The van der Waals surface area contributed by atoms with Gasteiger partial charge in [-0.2, -0.15) is 0 Å². The van der Waals surface area contributed by atoms with Crippen molar-refractivity contribution < 1.29 is 9.59 Å². The van der Waals surface area contributed by atoms with Crippen molar-refractivity contribution in [1.29, 1.82) is 0 Å². The average Bonchev–Trinajstić information content (AvgIpc) is 3.42. The van der Waals surface area contributed by atoms with Crippen molar-refractivity contribution in [3.8, 4) is 0 Å². The van der Waals surface area contributed by atoms with Crippen LogP contribution in [0.5, 0.6) is 0 Å². The number of amides is 2. The Morgan fingerprint density at radius 1 is 1.21 bits per heavy atom. The van der Waals surface area contributed by atoms with Gasteiger partial charge in [-0.05, 0) is 41.7 Å². The van der Waals surface area contributed by atoms with Crippen LogP contribution in [0.25, 0.3) is 0 Å². The SMILES string of the molecule is CCC(=O)NCC(CC)C(=O)N1CCC2(c3ccc(C(C)(C)C)cc3)CC2C1. The van der Waals surface area contributed by atoms with Gasteiger partial charge in [-0.25, -0.2) is 0 Å². The number of hydrogen-bond acceptors (Lipinski definition) is 2. The quantitative estimate of drug-likeness (QED) is 0.805. The molecular weight excluding hydrogens is 348 g/mol. The number of rotatable bonds is 6. The number of carbonyl (C=O) groups is 2. The van der Waals surface area contributed by atoms with Gasteiger partial charge in [0.05, 0.1) is 5.92 Å². The standard InChI is InChI=1S/C24H36N2O2/c1-6-17(15-25-21(27)7-2)22(28)26-13-12-24(14-20(24)16-26)19-10-8-18(9-11-19)23(3,4)5/h8-11,17,20H,6-7,12-16H2,1-5H3,(H,25,27). The lowest BCUT2D eigenvalue weighted by molar-refractivity contribution is -0.137. The maximum Gasteiger partial charge on any atom is 0.227 e. The summed E-state index contributed by atoms with van der Waals surface area (Å²) < 4.78 is 0. The predicted octanol–water partition coefficient (Wildman–Crippen LogP) is 4.03. The molecule has 1 aliphatic heterocycles. The highest BCUT2D eigenvalue weighted by Crippen LogP contribution is 2.59. The minimum atomic E-state index is -0.104. The topological polar surface area (TPSA) is 49.4 Å². The average molecular weight is 385 g/mol. The van der Waals surface area contributed by atoms with Gasteiger partial charge in [0.2, 0.25) is 11.8 Å². The summed E-state index contributed by atoms with van der Waals surface area (Å²) in [6.45, 7) is 12.8. The summed E-state index contributed by atoms with van der Waals surface area (Å²) in [7, 11) is 0. The Hall–Kier alpha value is -1.84. The number of piperidine rings is 1. The van der Waals surface area contributed by atoms with Crippen molar-refractivity contribution in [2.45, 2.75) is 71.1 Å². The first-order chi connectivity index (χ1) is 13.2. The van der Waals surface area contributed by atoms with E-state index in [1.54, 1.807) is 0 Å². The Kier molecular flexibility index (Phi) is 5.88. The van der Waals surface area contributed by atoms with E-state index in [0.29, 0.717) is 18.9 Å². The van der Waals surface area contributed by atoms with Gasteiger partial charge < -0.3 is 10.2 Å². The molecule has 1 aliphatic carbocycles. The Morgan fingerprint density at radius 3 is 2.43 bits per heavy atom. The molecule has 1 N–H and O–H groups in total. The predicted molar refractivity (Wildman–Crippen MR) is 113 cm³/mol. The fraction of sp³-hybridized carbons (Fsp3) is 0.667. The number of carbonyl (C=O) groups excluding carboxylic acids is 2. The van der Waals surface area contributed by atoms with Gasteiger partial charge in [-0.3, -0.25) is 9.59 Å². The highest BCUT2D eigenvalue weighted by atomic mass is 16.2. The summed E-state index contributed by atoms with van der Waals surface area (Å²) >= 11 is 0. The summed E-state index contributed by atoms with van der Waals surface area (Å²) in [5.74, 6) is 0.702. The van der Waals surface area contributed by atoms with Crippen LogP contribution in [0, 0.1) is 11.8 Å². The fourth-order valence-electron chi connectivity index (χ4n) is 4.64. The molecule has 154 valence electrons. The summed E-state index contributed by atoms with van der Waals surface area (Å²) in [5, 5.41) is 2.89. The number of benzene rings is 1. The molecule has 1 aromatic carbocycles. The molecule has 4 nitrogen and oxygen atoms in total. The van der Waals surface area contributed by atoms with Crippen molar-refractivity contribution in [2.24, 2.45) is 11.8 Å². The number of fused-ring (bicyclic) bond motifs is 1. The molecule has 4 heteroatoms. The maximum absolute atomic E-state index is 13.0. The second kappa shape index (κ2) is 7.88. The number of likely N-dealkylation sites (tertiary alicyclic amines) is 1. The summed E-state index contributed by atoms with van der Waals surface area (Å²) in [6, 6.07) is 9.18. The molecule has 2 fully saturated rings. The Morgan fingerprint density at radius 2 is 1.89 bits per heavy atom. The van der Waals surface area contributed by atoms with Crippen LogP contribution in [0.1, 0.15) is 71.4 Å². The normalized spacial score (nSPS) is 25.0. The van der Waals surface area contributed by atoms with E-state index >= 15 is 0 Å². The zero-order valence-electron chi connectivity index (χ0n) is 18.2. The van der Waals surface area contributed by atoms with Gasteiger partial charge in [0.25, 0.3) is 0 Å². The molecule has 28 heavy (non-hydrogen) atoms. The molecule has 0 spiro atoms.